The van der Waals surface area contributed by atoms with Crippen LogP contribution in [0.3, 0.4) is 0 Å². The normalized spacial score (nSPS) is 13.2. The van der Waals surface area contributed by atoms with Crippen LogP contribution in [-0.2, 0) is 17.6 Å². The van der Waals surface area contributed by atoms with Crippen LogP contribution < -0.4 is 9.47 Å². The van der Waals surface area contributed by atoms with E-state index in [0.29, 0.717) is 12.4 Å². The predicted octanol–water partition coefficient (Wildman–Crippen LogP) is 6.32. The Kier molecular flexibility index (Phi) is 5.61. The van der Waals surface area contributed by atoms with Gasteiger partial charge in [-0.15, -0.1) is 11.6 Å². The van der Waals surface area contributed by atoms with E-state index in [9.17, 15) is 9.90 Å². The fourth-order valence-electron chi connectivity index (χ4n) is 4.78. The first-order chi connectivity index (χ1) is 16.3. The molecule has 0 unspecified atom stereocenters. The Morgan fingerprint density at radius 2 is 2.00 bits per heavy atom. The van der Waals surface area contributed by atoms with E-state index in [4.69, 9.17) is 26.1 Å². The zero-order chi connectivity index (χ0) is 24.0. The molecule has 0 saturated carbocycles. The van der Waals surface area contributed by atoms with Crippen LogP contribution in [0.25, 0.3) is 32.8 Å². The summed E-state index contributed by atoms with van der Waals surface area (Å²) in [5, 5.41) is 12.7. The molecule has 1 aromatic heterocycles. The lowest BCUT2D eigenvalue weighted by atomic mass is 9.86. The quantitative estimate of drug-likeness (QED) is 0.330. The lowest BCUT2D eigenvalue weighted by molar-refractivity contribution is -0.136. The first-order valence-electron chi connectivity index (χ1n) is 11.3. The molecule has 4 aromatic rings. The maximum absolute atomic E-state index is 11.9. The largest absolute Gasteiger partial charge is 0.492 e. The molecular formula is C28H26ClNO4. The summed E-state index contributed by atoms with van der Waals surface area (Å²) < 4.78 is 12.5. The zero-order valence-electron chi connectivity index (χ0n) is 19.4. The van der Waals surface area contributed by atoms with Crippen molar-refractivity contribution in [3.63, 3.8) is 0 Å². The molecule has 0 saturated heterocycles. The molecule has 174 valence electrons. The number of hydrogen-bond acceptors (Lipinski definition) is 4. The minimum atomic E-state index is -0.887. The van der Waals surface area contributed by atoms with Crippen molar-refractivity contribution in [2.75, 3.05) is 12.5 Å². The van der Waals surface area contributed by atoms with E-state index in [1.54, 1.807) is 0 Å². The van der Waals surface area contributed by atoms with Gasteiger partial charge in [-0.2, -0.15) is 0 Å². The Hall–Kier alpha value is -3.31. The van der Waals surface area contributed by atoms with Crippen LogP contribution in [0.15, 0.2) is 48.7 Å². The van der Waals surface area contributed by atoms with Crippen molar-refractivity contribution < 1.29 is 19.4 Å². The first kappa shape index (κ1) is 22.5. The molecule has 1 N–H and O–H groups in total. The number of halogens is 1. The van der Waals surface area contributed by atoms with E-state index in [-0.39, 0.29) is 12.3 Å². The molecule has 0 fully saturated rings. The molecular weight excluding hydrogens is 450 g/mol. The summed E-state index contributed by atoms with van der Waals surface area (Å²) in [6.45, 7) is 6.40. The summed E-state index contributed by atoms with van der Waals surface area (Å²) in [5.74, 6) is 0.708. The molecule has 2 heterocycles. The molecule has 0 spiro atoms. The van der Waals surface area contributed by atoms with E-state index >= 15 is 0 Å². The number of aliphatic carboxylic acids is 1. The number of carboxylic acid groups (broad SMARTS) is 1. The molecule has 0 aliphatic carbocycles. The molecule has 1 aliphatic rings. The summed E-state index contributed by atoms with van der Waals surface area (Å²) in [5.41, 5.74) is 4.52. The topological polar surface area (TPSA) is 68.7 Å². The Morgan fingerprint density at radius 1 is 1.21 bits per heavy atom. The highest BCUT2D eigenvalue weighted by molar-refractivity contribution is 6.18. The van der Waals surface area contributed by atoms with Crippen LogP contribution in [0.5, 0.6) is 11.5 Å². The number of ether oxygens (including phenoxy) is 2. The molecule has 5 rings (SSSR count). The third kappa shape index (κ3) is 3.84. The molecule has 0 radical (unpaired) electrons. The summed E-state index contributed by atoms with van der Waals surface area (Å²) in [6.07, 6.45) is 2.49. The van der Waals surface area contributed by atoms with Crippen molar-refractivity contribution in [1.82, 2.24) is 4.98 Å². The van der Waals surface area contributed by atoms with Crippen LogP contribution in [0.4, 0.5) is 0 Å². The van der Waals surface area contributed by atoms with Crippen LogP contribution in [-0.4, -0.2) is 34.1 Å². The molecule has 3 aromatic carbocycles. The molecule has 6 heteroatoms. The van der Waals surface area contributed by atoms with Crippen molar-refractivity contribution in [1.29, 1.82) is 0 Å². The standard InChI is InChI=1S/C28H26ClNO4/c1-16-12-18-6-4-5-7-19(18)25(20(16)13-23(31)32)26-22(34-28(2,3)15-29)14-21-24-17(9-11-33-21)8-10-30-27(24)26/h4-8,10,12,14H,9,11,13,15H2,1-3H3,(H,31,32). The zero-order valence-corrected chi connectivity index (χ0v) is 20.2. The maximum Gasteiger partial charge on any atom is 0.307 e. The number of alkyl halides is 1. The third-order valence-corrected chi connectivity index (χ3v) is 6.97. The van der Waals surface area contributed by atoms with E-state index in [1.807, 2.05) is 69.4 Å². The van der Waals surface area contributed by atoms with Gasteiger partial charge in [0.15, 0.2) is 0 Å². The minimum Gasteiger partial charge on any atom is -0.492 e. The Labute approximate surface area is 203 Å². The van der Waals surface area contributed by atoms with Crippen molar-refractivity contribution in [3.05, 3.63) is 65.4 Å². The van der Waals surface area contributed by atoms with E-state index in [2.05, 4.69) is 0 Å². The lowest BCUT2D eigenvalue weighted by Gasteiger charge is -2.29. The maximum atomic E-state index is 11.9. The highest BCUT2D eigenvalue weighted by atomic mass is 35.5. The van der Waals surface area contributed by atoms with Crippen molar-refractivity contribution in [3.8, 4) is 22.6 Å². The van der Waals surface area contributed by atoms with Gasteiger partial charge in [-0.25, -0.2) is 0 Å². The third-order valence-electron chi connectivity index (χ3n) is 6.32. The molecule has 34 heavy (non-hydrogen) atoms. The number of carbonyl (C=O) groups is 1. The van der Waals surface area contributed by atoms with E-state index in [1.165, 1.54) is 0 Å². The highest BCUT2D eigenvalue weighted by Gasteiger charge is 2.29. The summed E-state index contributed by atoms with van der Waals surface area (Å²) in [7, 11) is 0. The van der Waals surface area contributed by atoms with Gasteiger partial charge in [-0.1, -0.05) is 30.3 Å². The van der Waals surface area contributed by atoms with Gasteiger partial charge in [-0.3, -0.25) is 9.78 Å². The van der Waals surface area contributed by atoms with E-state index in [0.717, 1.165) is 61.7 Å². The van der Waals surface area contributed by atoms with Gasteiger partial charge in [0.25, 0.3) is 0 Å². The monoisotopic (exact) mass is 475 g/mol. The lowest BCUT2D eigenvalue weighted by Crippen LogP contribution is -2.30. The number of aromatic nitrogens is 1. The smallest absolute Gasteiger partial charge is 0.307 e. The average molecular weight is 476 g/mol. The number of nitrogens with zero attached hydrogens (tertiary/aromatic N) is 1. The average Bonchev–Trinajstić information content (AvgIpc) is 2.80. The predicted molar refractivity (Wildman–Crippen MR) is 135 cm³/mol. The molecule has 0 amide bonds. The Morgan fingerprint density at radius 3 is 2.76 bits per heavy atom. The number of carboxylic acids is 1. The number of pyridine rings is 1. The number of fused-ring (bicyclic) bond motifs is 1. The second kappa shape index (κ2) is 8.48. The van der Waals surface area contributed by atoms with Crippen molar-refractivity contribution in [2.45, 2.75) is 39.2 Å². The Bertz CT molecular complexity index is 1440. The fourth-order valence-corrected chi connectivity index (χ4v) is 4.84. The van der Waals surface area contributed by atoms with Crippen molar-refractivity contribution >= 4 is 39.2 Å². The van der Waals surface area contributed by atoms with Crippen LogP contribution in [0.1, 0.15) is 30.5 Å². The fraction of sp³-hybridized carbons (Fsp3) is 0.286. The summed E-state index contributed by atoms with van der Waals surface area (Å²) in [4.78, 5) is 16.7. The molecule has 1 aliphatic heterocycles. The number of aryl methyl sites for hydroxylation is 1. The van der Waals surface area contributed by atoms with Crippen LogP contribution in [0.2, 0.25) is 0 Å². The number of rotatable bonds is 6. The molecule has 0 atom stereocenters. The second-order valence-corrected chi connectivity index (χ2v) is 9.64. The van der Waals surface area contributed by atoms with Gasteiger partial charge in [0.05, 0.1) is 30.0 Å². The van der Waals surface area contributed by atoms with Crippen LogP contribution >= 0.6 is 11.6 Å². The van der Waals surface area contributed by atoms with Gasteiger partial charge < -0.3 is 14.6 Å². The highest BCUT2D eigenvalue weighted by Crippen LogP contribution is 2.48. The van der Waals surface area contributed by atoms with E-state index < -0.39 is 11.6 Å². The first-order valence-corrected chi connectivity index (χ1v) is 11.9. The van der Waals surface area contributed by atoms with Crippen LogP contribution in [0, 0.1) is 6.92 Å². The Balaban J connectivity index is 1.96. The molecule has 0 bridgehead atoms. The van der Waals surface area contributed by atoms with Gasteiger partial charge in [-0.05, 0) is 59.9 Å². The van der Waals surface area contributed by atoms with Gasteiger partial charge in [0.1, 0.15) is 17.1 Å². The number of hydrogen-bond donors (Lipinski definition) is 1. The number of benzene rings is 3. The summed E-state index contributed by atoms with van der Waals surface area (Å²) in [6, 6.07) is 14.0. The van der Waals surface area contributed by atoms with Crippen molar-refractivity contribution in [2.24, 2.45) is 0 Å². The van der Waals surface area contributed by atoms with Gasteiger partial charge in [0, 0.05) is 24.1 Å². The van der Waals surface area contributed by atoms with Gasteiger partial charge in [0.2, 0.25) is 0 Å². The van der Waals surface area contributed by atoms with Gasteiger partial charge >= 0.3 is 5.97 Å². The summed E-state index contributed by atoms with van der Waals surface area (Å²) >= 11 is 6.24. The SMILES string of the molecule is Cc1cc2ccccc2c(-c2c(OC(C)(C)CCl)cc3c4c(ccnc24)CCO3)c1CC(=O)O. The molecule has 5 nitrogen and oxygen atoms in total. The minimum absolute atomic E-state index is 0.107. The second-order valence-electron chi connectivity index (χ2n) is 9.37.